The highest BCUT2D eigenvalue weighted by molar-refractivity contribution is 7.80. The summed E-state index contributed by atoms with van der Waals surface area (Å²) in [4.78, 5) is 9.23. The molecule has 2 heterocycles. The number of hydrogen-bond donors (Lipinski definition) is 0. The molecule has 24 heavy (non-hydrogen) atoms. The van der Waals surface area contributed by atoms with E-state index in [9.17, 15) is 0 Å². The van der Waals surface area contributed by atoms with Crippen LogP contribution < -0.4 is 15.9 Å². The zero-order valence-electron chi connectivity index (χ0n) is 13.4. The lowest BCUT2D eigenvalue weighted by Gasteiger charge is -2.20. The quantitative estimate of drug-likeness (QED) is 0.536. The van der Waals surface area contributed by atoms with Gasteiger partial charge in [0.15, 0.2) is 0 Å². The average Bonchev–Trinajstić information content (AvgIpc) is 2.65. The molecule has 0 aliphatic heterocycles. The minimum Gasteiger partial charge on any atom is -0.254 e. The Morgan fingerprint density at radius 1 is 0.625 bits per heavy atom. The van der Waals surface area contributed by atoms with Gasteiger partial charge in [-0.2, -0.15) is 0 Å². The second kappa shape index (κ2) is 6.51. The fourth-order valence-corrected chi connectivity index (χ4v) is 5.31. The van der Waals surface area contributed by atoms with Crippen LogP contribution in [-0.4, -0.2) is 9.97 Å². The maximum Gasteiger partial charge on any atom is 0.0972 e. The van der Waals surface area contributed by atoms with Gasteiger partial charge in [0.25, 0.3) is 0 Å². The molecule has 2 aromatic heterocycles. The molecule has 0 aliphatic carbocycles. The molecule has 0 N–H and O–H groups in total. The van der Waals surface area contributed by atoms with Gasteiger partial charge in [0.1, 0.15) is 0 Å². The van der Waals surface area contributed by atoms with Crippen molar-refractivity contribution >= 4 is 34.9 Å². The fraction of sp³-hybridized carbons (Fsp3) is 0.0476. The van der Waals surface area contributed by atoms with Gasteiger partial charge >= 0.3 is 0 Å². The van der Waals surface area contributed by atoms with Crippen LogP contribution in [0.25, 0.3) is 11.0 Å². The average molecular weight is 328 g/mol. The summed E-state index contributed by atoms with van der Waals surface area (Å²) in [6.07, 6.45) is 3.79. The van der Waals surface area contributed by atoms with E-state index in [1.165, 1.54) is 15.9 Å². The largest absolute Gasteiger partial charge is 0.254 e. The molecule has 0 saturated carbocycles. The Morgan fingerprint density at radius 2 is 1.17 bits per heavy atom. The topological polar surface area (TPSA) is 25.8 Å². The van der Waals surface area contributed by atoms with Crippen LogP contribution in [0.4, 0.5) is 0 Å². The number of fused-ring (bicyclic) bond motifs is 1. The molecule has 0 spiro atoms. The van der Waals surface area contributed by atoms with E-state index >= 15 is 0 Å². The second-order valence-electron chi connectivity index (χ2n) is 5.66. The molecule has 0 radical (unpaired) electrons. The Bertz CT molecular complexity index is 929. The van der Waals surface area contributed by atoms with Crippen LogP contribution in [0, 0.1) is 6.92 Å². The summed E-state index contributed by atoms with van der Waals surface area (Å²) in [5.41, 5.74) is 3.17. The van der Waals surface area contributed by atoms with Gasteiger partial charge in [0.2, 0.25) is 0 Å². The van der Waals surface area contributed by atoms with E-state index in [2.05, 4.69) is 83.6 Å². The van der Waals surface area contributed by atoms with Crippen molar-refractivity contribution in [2.24, 2.45) is 0 Å². The molecule has 0 saturated heterocycles. The lowest BCUT2D eigenvalue weighted by Crippen LogP contribution is -2.22. The number of pyridine rings is 2. The first-order valence-electron chi connectivity index (χ1n) is 7.95. The molecule has 0 atom stereocenters. The maximum atomic E-state index is 4.67. The molecular formula is C21H17N2P. The number of nitrogens with zero attached hydrogens (tertiary/aromatic N) is 2. The molecule has 116 valence electrons. The zero-order valence-corrected chi connectivity index (χ0v) is 14.3. The van der Waals surface area contributed by atoms with Crippen molar-refractivity contribution in [1.29, 1.82) is 0 Å². The van der Waals surface area contributed by atoms with E-state index in [0.29, 0.717) is 0 Å². The Hall–Kier alpha value is -2.57. The summed E-state index contributed by atoms with van der Waals surface area (Å²) in [5.74, 6) is 0. The van der Waals surface area contributed by atoms with Crippen molar-refractivity contribution in [2.45, 2.75) is 6.92 Å². The third-order valence-corrected chi connectivity index (χ3v) is 6.55. The van der Waals surface area contributed by atoms with Crippen molar-refractivity contribution in [1.82, 2.24) is 9.97 Å². The van der Waals surface area contributed by atoms with Gasteiger partial charge in [-0.1, -0.05) is 60.7 Å². The van der Waals surface area contributed by atoms with Gasteiger partial charge in [0.05, 0.1) is 11.0 Å². The van der Waals surface area contributed by atoms with Gasteiger partial charge < -0.3 is 0 Å². The molecule has 2 aromatic carbocycles. The van der Waals surface area contributed by atoms with Crippen LogP contribution in [0.2, 0.25) is 0 Å². The third-order valence-electron chi connectivity index (χ3n) is 4.07. The van der Waals surface area contributed by atoms with Crippen molar-refractivity contribution in [3.63, 3.8) is 0 Å². The molecule has 0 amide bonds. The van der Waals surface area contributed by atoms with E-state index in [4.69, 9.17) is 0 Å². The minimum atomic E-state index is -0.661. The number of rotatable bonds is 3. The molecule has 2 nitrogen and oxygen atoms in total. The lowest BCUT2D eigenvalue weighted by atomic mass is 10.2. The minimum absolute atomic E-state index is 0.661. The fourth-order valence-electron chi connectivity index (χ4n) is 2.92. The normalized spacial score (nSPS) is 11.1. The van der Waals surface area contributed by atoms with Gasteiger partial charge in [-0.15, -0.1) is 0 Å². The lowest BCUT2D eigenvalue weighted by molar-refractivity contribution is 1.31. The van der Waals surface area contributed by atoms with Gasteiger partial charge in [-0.3, -0.25) is 9.97 Å². The summed E-state index contributed by atoms with van der Waals surface area (Å²) in [5, 5.41) is 3.92. The summed E-state index contributed by atoms with van der Waals surface area (Å²) in [7, 11) is -0.661. The molecule has 0 unspecified atom stereocenters. The molecular weight excluding hydrogens is 311 g/mol. The highest BCUT2D eigenvalue weighted by Crippen LogP contribution is 2.34. The smallest absolute Gasteiger partial charge is 0.0972 e. The summed E-state index contributed by atoms with van der Waals surface area (Å²) < 4.78 is 0. The molecule has 0 fully saturated rings. The Kier molecular flexibility index (Phi) is 4.06. The van der Waals surface area contributed by atoms with Crippen LogP contribution in [0.3, 0.4) is 0 Å². The van der Waals surface area contributed by atoms with Crippen molar-refractivity contribution in [3.8, 4) is 0 Å². The monoisotopic (exact) mass is 328 g/mol. The van der Waals surface area contributed by atoms with E-state index in [1.807, 2.05) is 18.5 Å². The summed E-state index contributed by atoms with van der Waals surface area (Å²) >= 11 is 0. The predicted octanol–water partition coefficient (Wildman–Crippen LogP) is 3.70. The third kappa shape index (κ3) is 2.70. The highest BCUT2D eigenvalue weighted by Gasteiger charge is 2.19. The van der Waals surface area contributed by atoms with Crippen LogP contribution in [-0.2, 0) is 0 Å². The van der Waals surface area contributed by atoms with E-state index in [1.54, 1.807) is 0 Å². The first kappa shape index (κ1) is 15.0. The van der Waals surface area contributed by atoms with Crippen molar-refractivity contribution in [2.75, 3.05) is 0 Å². The van der Waals surface area contributed by atoms with E-state index < -0.39 is 7.92 Å². The van der Waals surface area contributed by atoms with Crippen LogP contribution in [0.15, 0.2) is 85.2 Å². The molecule has 4 rings (SSSR count). The first-order chi connectivity index (χ1) is 11.8. The SMILES string of the molecule is Cc1ccnc2c(P(c3ccccc3)c3ccccc3)ccnc12. The maximum absolute atomic E-state index is 4.67. The molecule has 0 aliphatic rings. The highest BCUT2D eigenvalue weighted by atomic mass is 31.1. The zero-order chi connectivity index (χ0) is 16.4. The van der Waals surface area contributed by atoms with Gasteiger partial charge in [-0.05, 0) is 43.2 Å². The van der Waals surface area contributed by atoms with E-state index in [-0.39, 0.29) is 0 Å². The van der Waals surface area contributed by atoms with Crippen LogP contribution >= 0.6 is 7.92 Å². The summed E-state index contributed by atoms with van der Waals surface area (Å²) in [6, 6.07) is 25.5. The van der Waals surface area contributed by atoms with Crippen LogP contribution in [0.1, 0.15) is 5.56 Å². The van der Waals surface area contributed by atoms with Crippen molar-refractivity contribution < 1.29 is 0 Å². The number of hydrogen-bond acceptors (Lipinski definition) is 2. The first-order valence-corrected chi connectivity index (χ1v) is 9.29. The number of aryl methyl sites for hydroxylation is 1. The Morgan fingerprint density at radius 3 is 1.79 bits per heavy atom. The van der Waals surface area contributed by atoms with Gasteiger partial charge in [0, 0.05) is 17.7 Å². The van der Waals surface area contributed by atoms with Gasteiger partial charge in [-0.25, -0.2) is 0 Å². The number of aromatic nitrogens is 2. The second-order valence-corrected chi connectivity index (χ2v) is 7.85. The summed E-state index contributed by atoms with van der Waals surface area (Å²) in [6.45, 7) is 2.09. The van der Waals surface area contributed by atoms with Crippen molar-refractivity contribution in [3.05, 3.63) is 90.8 Å². The Labute approximate surface area is 143 Å². The number of benzene rings is 2. The molecule has 0 bridgehead atoms. The van der Waals surface area contributed by atoms with E-state index in [0.717, 1.165) is 16.6 Å². The molecule has 4 aromatic rings. The predicted molar refractivity (Wildman–Crippen MR) is 103 cm³/mol. The van der Waals surface area contributed by atoms with Crippen LogP contribution in [0.5, 0.6) is 0 Å². The standard InChI is InChI=1S/C21H17N2P/c1-16-12-14-23-21-19(13-15-22-20(16)21)24(17-8-4-2-5-9-17)18-10-6-3-7-11-18/h2-15H,1H3. The Balaban J connectivity index is 2.00. The molecule has 3 heteroatoms.